The molecule has 1 aliphatic rings. The van der Waals surface area contributed by atoms with Crippen molar-refractivity contribution in [2.24, 2.45) is 4.99 Å². The lowest BCUT2D eigenvalue weighted by Gasteiger charge is -2.12. The Labute approximate surface area is 151 Å². The first kappa shape index (κ1) is 17.3. The van der Waals surface area contributed by atoms with E-state index in [-0.39, 0.29) is 11.7 Å². The Kier molecular flexibility index (Phi) is 4.95. The first-order valence-electron chi connectivity index (χ1n) is 8.14. The summed E-state index contributed by atoms with van der Waals surface area (Å²) in [5.74, 6) is 0.0621. The van der Waals surface area contributed by atoms with Gasteiger partial charge in [0.05, 0.1) is 4.91 Å². The molecule has 25 heavy (non-hydrogen) atoms. The average Bonchev–Trinajstić information content (AvgIpc) is 2.85. The van der Waals surface area contributed by atoms with Crippen molar-refractivity contribution in [3.05, 3.63) is 64.1 Å². The maximum Gasteiger partial charge on any atom is 0.266 e. The van der Waals surface area contributed by atoms with E-state index in [1.165, 1.54) is 11.8 Å². The standard InChI is InChI=1S/C20H20N2O2S/c1-4-22-19(24)18(12-15-7-5-6-13(2)10-15)25-20(22)21-16-9-8-14(3)11-17(16)23/h5-12,23H,4H2,1-3H3/b18-12-,21-20?. The molecule has 128 valence electrons. The molecule has 0 bridgehead atoms. The molecule has 1 aliphatic heterocycles. The second kappa shape index (κ2) is 7.15. The lowest BCUT2D eigenvalue weighted by Crippen LogP contribution is -2.28. The van der Waals surface area contributed by atoms with Gasteiger partial charge in [-0.05, 0) is 61.9 Å². The Morgan fingerprint density at radius 3 is 2.60 bits per heavy atom. The van der Waals surface area contributed by atoms with Crippen molar-refractivity contribution >= 4 is 34.6 Å². The van der Waals surface area contributed by atoms with Crippen LogP contribution in [0.2, 0.25) is 0 Å². The van der Waals surface area contributed by atoms with Gasteiger partial charge in [0, 0.05) is 6.54 Å². The van der Waals surface area contributed by atoms with E-state index in [4.69, 9.17) is 0 Å². The Balaban J connectivity index is 1.96. The molecule has 1 fully saturated rings. The van der Waals surface area contributed by atoms with E-state index in [9.17, 15) is 9.90 Å². The third-order valence-electron chi connectivity index (χ3n) is 3.89. The van der Waals surface area contributed by atoms with Gasteiger partial charge in [-0.25, -0.2) is 4.99 Å². The van der Waals surface area contributed by atoms with Crippen LogP contribution in [0.15, 0.2) is 52.4 Å². The van der Waals surface area contributed by atoms with Crippen LogP contribution in [0.5, 0.6) is 5.75 Å². The highest BCUT2D eigenvalue weighted by atomic mass is 32.2. The van der Waals surface area contributed by atoms with E-state index in [1.807, 2.05) is 57.2 Å². The number of thioether (sulfide) groups is 1. The molecule has 1 amide bonds. The number of aromatic hydroxyl groups is 1. The monoisotopic (exact) mass is 352 g/mol. The molecule has 2 aromatic carbocycles. The highest BCUT2D eigenvalue weighted by Crippen LogP contribution is 2.36. The van der Waals surface area contributed by atoms with E-state index in [0.717, 1.165) is 16.7 Å². The quantitative estimate of drug-likeness (QED) is 0.819. The SMILES string of the molecule is CCN1C(=O)/C(=C/c2cccc(C)c2)SC1=Nc1ccc(C)cc1O. The summed E-state index contributed by atoms with van der Waals surface area (Å²) in [4.78, 5) is 19.4. The molecule has 1 saturated heterocycles. The van der Waals surface area contributed by atoms with Crippen molar-refractivity contribution in [2.45, 2.75) is 20.8 Å². The largest absolute Gasteiger partial charge is 0.506 e. The number of phenolic OH excluding ortho intramolecular Hbond substituents is 1. The molecule has 0 radical (unpaired) electrons. The second-order valence-electron chi connectivity index (χ2n) is 5.96. The summed E-state index contributed by atoms with van der Waals surface area (Å²) < 4.78 is 0. The average molecular weight is 352 g/mol. The highest BCUT2D eigenvalue weighted by molar-refractivity contribution is 8.18. The number of amides is 1. The summed E-state index contributed by atoms with van der Waals surface area (Å²) in [6.07, 6.45) is 1.89. The zero-order valence-electron chi connectivity index (χ0n) is 14.5. The van der Waals surface area contributed by atoms with Crippen LogP contribution in [-0.4, -0.2) is 27.6 Å². The molecule has 0 saturated carbocycles. The summed E-state index contributed by atoms with van der Waals surface area (Å²) >= 11 is 1.34. The smallest absolute Gasteiger partial charge is 0.266 e. The topological polar surface area (TPSA) is 52.9 Å². The van der Waals surface area contributed by atoms with E-state index in [2.05, 4.69) is 4.99 Å². The number of amidine groups is 1. The molecule has 0 unspecified atom stereocenters. The number of likely N-dealkylation sites (N-methyl/N-ethyl adjacent to an activating group) is 1. The van der Waals surface area contributed by atoms with Crippen molar-refractivity contribution < 1.29 is 9.90 Å². The number of aryl methyl sites for hydroxylation is 2. The third kappa shape index (κ3) is 3.77. The van der Waals surface area contributed by atoms with Crippen LogP contribution in [0.4, 0.5) is 5.69 Å². The maximum absolute atomic E-state index is 12.7. The number of carbonyl (C=O) groups is 1. The van der Waals surface area contributed by atoms with Gasteiger partial charge in [0.15, 0.2) is 5.17 Å². The fraction of sp³-hybridized carbons (Fsp3) is 0.200. The normalized spacial score (nSPS) is 17.7. The predicted molar refractivity (Wildman–Crippen MR) is 104 cm³/mol. The Morgan fingerprint density at radius 2 is 1.92 bits per heavy atom. The van der Waals surface area contributed by atoms with Crippen molar-refractivity contribution in [2.75, 3.05) is 6.54 Å². The van der Waals surface area contributed by atoms with Crippen LogP contribution in [0.3, 0.4) is 0 Å². The maximum atomic E-state index is 12.7. The minimum Gasteiger partial charge on any atom is -0.506 e. The van der Waals surface area contributed by atoms with Crippen LogP contribution in [-0.2, 0) is 4.79 Å². The molecule has 1 N–H and O–H groups in total. The third-order valence-corrected chi connectivity index (χ3v) is 4.90. The van der Waals surface area contributed by atoms with Gasteiger partial charge < -0.3 is 5.11 Å². The lowest BCUT2D eigenvalue weighted by molar-refractivity contribution is -0.122. The van der Waals surface area contributed by atoms with Gasteiger partial charge >= 0.3 is 0 Å². The highest BCUT2D eigenvalue weighted by Gasteiger charge is 2.32. The summed E-state index contributed by atoms with van der Waals surface area (Å²) in [5.41, 5.74) is 3.57. The molecule has 4 nitrogen and oxygen atoms in total. The summed E-state index contributed by atoms with van der Waals surface area (Å²) in [5, 5.41) is 10.7. The fourth-order valence-electron chi connectivity index (χ4n) is 2.61. The van der Waals surface area contributed by atoms with Crippen LogP contribution in [0.1, 0.15) is 23.6 Å². The van der Waals surface area contributed by atoms with E-state index in [0.29, 0.717) is 22.3 Å². The predicted octanol–water partition coefficient (Wildman–Crippen LogP) is 4.63. The van der Waals surface area contributed by atoms with E-state index in [1.54, 1.807) is 17.0 Å². The van der Waals surface area contributed by atoms with Crippen molar-refractivity contribution in [3.63, 3.8) is 0 Å². The zero-order chi connectivity index (χ0) is 18.0. The molecule has 2 aromatic rings. The van der Waals surface area contributed by atoms with E-state index >= 15 is 0 Å². The fourth-order valence-corrected chi connectivity index (χ4v) is 3.67. The summed E-state index contributed by atoms with van der Waals surface area (Å²) in [6.45, 7) is 6.38. The van der Waals surface area contributed by atoms with Crippen molar-refractivity contribution in [1.29, 1.82) is 0 Å². The number of phenols is 1. The molecule has 0 atom stereocenters. The minimum absolute atomic E-state index is 0.0562. The number of hydrogen-bond acceptors (Lipinski definition) is 4. The molecule has 5 heteroatoms. The Morgan fingerprint density at radius 1 is 1.16 bits per heavy atom. The number of aliphatic imine (C=N–C) groups is 1. The van der Waals surface area contributed by atoms with Crippen LogP contribution < -0.4 is 0 Å². The van der Waals surface area contributed by atoms with Gasteiger partial charge in [0.25, 0.3) is 5.91 Å². The van der Waals surface area contributed by atoms with Crippen LogP contribution in [0, 0.1) is 13.8 Å². The van der Waals surface area contributed by atoms with Crippen LogP contribution in [0.25, 0.3) is 6.08 Å². The molecule has 0 aromatic heterocycles. The second-order valence-corrected chi connectivity index (χ2v) is 6.97. The molecule has 0 aliphatic carbocycles. The first-order chi connectivity index (χ1) is 12.0. The van der Waals surface area contributed by atoms with Gasteiger partial charge in [-0.1, -0.05) is 35.9 Å². The van der Waals surface area contributed by atoms with Gasteiger partial charge in [-0.2, -0.15) is 0 Å². The number of benzene rings is 2. The molecule has 3 rings (SSSR count). The molecule has 1 heterocycles. The van der Waals surface area contributed by atoms with Gasteiger partial charge in [0.2, 0.25) is 0 Å². The number of rotatable bonds is 3. The van der Waals surface area contributed by atoms with Gasteiger partial charge in [0.1, 0.15) is 11.4 Å². The number of nitrogens with zero attached hydrogens (tertiary/aromatic N) is 2. The summed E-state index contributed by atoms with van der Waals surface area (Å²) in [6, 6.07) is 13.3. The Hall–Kier alpha value is -2.53. The van der Waals surface area contributed by atoms with Gasteiger partial charge in [-0.15, -0.1) is 0 Å². The van der Waals surface area contributed by atoms with Gasteiger partial charge in [-0.3, -0.25) is 9.69 Å². The molecular formula is C20H20N2O2S. The van der Waals surface area contributed by atoms with Crippen molar-refractivity contribution in [1.82, 2.24) is 4.90 Å². The number of carbonyl (C=O) groups excluding carboxylic acids is 1. The Bertz CT molecular complexity index is 887. The minimum atomic E-state index is -0.0562. The summed E-state index contributed by atoms with van der Waals surface area (Å²) in [7, 11) is 0. The molecule has 0 spiro atoms. The van der Waals surface area contributed by atoms with E-state index < -0.39 is 0 Å². The first-order valence-corrected chi connectivity index (χ1v) is 8.96. The van der Waals surface area contributed by atoms with Crippen LogP contribution >= 0.6 is 11.8 Å². The zero-order valence-corrected chi connectivity index (χ0v) is 15.3. The molecular weight excluding hydrogens is 332 g/mol. The lowest BCUT2D eigenvalue weighted by atomic mass is 10.1. The number of hydrogen-bond donors (Lipinski definition) is 1. The van der Waals surface area contributed by atoms with Crippen molar-refractivity contribution in [3.8, 4) is 5.75 Å².